The van der Waals surface area contributed by atoms with Crippen LogP contribution < -0.4 is 10.6 Å². The summed E-state index contributed by atoms with van der Waals surface area (Å²) in [5, 5.41) is 10.4. The molecule has 1 aromatic carbocycles. The van der Waals surface area contributed by atoms with Gasteiger partial charge in [0, 0.05) is 17.9 Å². The minimum absolute atomic E-state index is 0.130. The van der Waals surface area contributed by atoms with E-state index in [4.69, 9.17) is 5.73 Å². The number of nitrogens with two attached hydrogens (primary N) is 1. The molecule has 1 saturated heterocycles. The summed E-state index contributed by atoms with van der Waals surface area (Å²) >= 11 is 0. The lowest BCUT2D eigenvalue weighted by atomic mass is 9.88. The largest absolute Gasteiger partial charge is 0.398 e. The van der Waals surface area contributed by atoms with Gasteiger partial charge in [-0.05, 0) is 55.2 Å². The molecular weight excluding hydrogens is 224 g/mol. The molecule has 3 N–H and O–H groups in total. The molecule has 3 heteroatoms. The number of rotatable bonds is 1. The number of hydrogen-bond acceptors (Lipinski definition) is 3. The molecular formula is C15H20N2O. The van der Waals surface area contributed by atoms with E-state index in [2.05, 4.69) is 17.9 Å². The minimum Gasteiger partial charge on any atom is -0.398 e. The summed E-state index contributed by atoms with van der Waals surface area (Å²) in [4.78, 5) is 2.43. The van der Waals surface area contributed by atoms with Crippen LogP contribution in [0.3, 0.4) is 0 Å². The van der Waals surface area contributed by atoms with Crippen LogP contribution in [0.15, 0.2) is 18.2 Å². The maximum absolute atomic E-state index is 10.4. The van der Waals surface area contributed by atoms with Crippen molar-refractivity contribution >= 4 is 11.4 Å². The molecule has 5 atom stereocenters. The maximum atomic E-state index is 10.4. The second-order valence-corrected chi connectivity index (χ2v) is 6.28. The van der Waals surface area contributed by atoms with Crippen LogP contribution in [0, 0.1) is 24.7 Å². The molecule has 4 rings (SSSR count). The van der Waals surface area contributed by atoms with Gasteiger partial charge in [0.15, 0.2) is 0 Å². The highest BCUT2D eigenvalue weighted by Gasteiger charge is 2.58. The average Bonchev–Trinajstić information content (AvgIpc) is 2.94. The fourth-order valence-electron chi connectivity index (χ4n) is 4.64. The van der Waals surface area contributed by atoms with Gasteiger partial charge < -0.3 is 15.7 Å². The van der Waals surface area contributed by atoms with Crippen LogP contribution in [-0.4, -0.2) is 23.8 Å². The second-order valence-electron chi connectivity index (χ2n) is 6.28. The molecule has 2 aliphatic carbocycles. The van der Waals surface area contributed by atoms with Crippen LogP contribution in [0.25, 0.3) is 0 Å². The van der Waals surface area contributed by atoms with E-state index in [0.717, 1.165) is 23.7 Å². The third kappa shape index (κ3) is 1.18. The van der Waals surface area contributed by atoms with Crippen molar-refractivity contribution in [3.05, 3.63) is 23.8 Å². The van der Waals surface area contributed by atoms with Gasteiger partial charge in [-0.25, -0.2) is 0 Å². The van der Waals surface area contributed by atoms with E-state index in [9.17, 15) is 5.11 Å². The Morgan fingerprint density at radius 3 is 2.89 bits per heavy atom. The molecule has 5 unspecified atom stereocenters. The lowest BCUT2D eigenvalue weighted by Gasteiger charge is -2.31. The SMILES string of the molecule is Cc1c(N)cccc1N1CC2CC3CC2C1C3O. The smallest absolute Gasteiger partial charge is 0.0774 e. The van der Waals surface area contributed by atoms with Gasteiger partial charge in [0.25, 0.3) is 0 Å². The first kappa shape index (κ1) is 10.7. The zero-order valence-corrected chi connectivity index (χ0v) is 10.7. The van der Waals surface area contributed by atoms with Crippen LogP contribution >= 0.6 is 0 Å². The quantitative estimate of drug-likeness (QED) is 0.740. The third-order valence-corrected chi connectivity index (χ3v) is 5.51. The summed E-state index contributed by atoms with van der Waals surface area (Å²) in [5.74, 6) is 2.06. The topological polar surface area (TPSA) is 49.5 Å². The Hall–Kier alpha value is -1.22. The summed E-state index contributed by atoms with van der Waals surface area (Å²) in [6.45, 7) is 3.19. The van der Waals surface area contributed by atoms with Crippen molar-refractivity contribution in [2.24, 2.45) is 17.8 Å². The first-order chi connectivity index (χ1) is 8.66. The van der Waals surface area contributed by atoms with E-state index in [1.165, 1.54) is 18.5 Å². The molecule has 2 saturated carbocycles. The highest BCUT2D eigenvalue weighted by molar-refractivity contribution is 5.65. The van der Waals surface area contributed by atoms with E-state index in [-0.39, 0.29) is 6.10 Å². The van der Waals surface area contributed by atoms with Crippen LogP contribution in [0.2, 0.25) is 0 Å². The van der Waals surface area contributed by atoms with Crippen molar-refractivity contribution in [1.29, 1.82) is 0 Å². The van der Waals surface area contributed by atoms with Crippen molar-refractivity contribution in [2.75, 3.05) is 17.2 Å². The monoisotopic (exact) mass is 244 g/mol. The van der Waals surface area contributed by atoms with E-state index >= 15 is 0 Å². The molecule has 1 aromatic rings. The Kier molecular flexibility index (Phi) is 2.03. The zero-order valence-electron chi connectivity index (χ0n) is 10.7. The molecule has 1 heterocycles. The molecule has 2 bridgehead atoms. The van der Waals surface area contributed by atoms with Crippen molar-refractivity contribution in [2.45, 2.75) is 31.9 Å². The van der Waals surface area contributed by atoms with Gasteiger partial charge in [-0.1, -0.05) is 6.07 Å². The molecule has 0 aromatic heterocycles. The molecule has 3 nitrogen and oxygen atoms in total. The van der Waals surface area contributed by atoms with Crippen LogP contribution in [0.4, 0.5) is 11.4 Å². The number of benzene rings is 1. The Morgan fingerprint density at radius 1 is 1.28 bits per heavy atom. The van der Waals surface area contributed by atoms with Gasteiger partial charge >= 0.3 is 0 Å². The van der Waals surface area contributed by atoms with Gasteiger partial charge in [-0.3, -0.25) is 0 Å². The molecule has 3 fully saturated rings. The van der Waals surface area contributed by atoms with Crippen molar-refractivity contribution in [3.8, 4) is 0 Å². The number of aliphatic hydroxyl groups is 1. The second kappa shape index (κ2) is 3.41. The Bertz CT molecular complexity index is 499. The lowest BCUT2D eigenvalue weighted by molar-refractivity contribution is 0.0966. The number of nitrogens with zero attached hydrogens (tertiary/aromatic N) is 1. The first-order valence-electron chi connectivity index (χ1n) is 6.96. The fourth-order valence-corrected chi connectivity index (χ4v) is 4.64. The Morgan fingerprint density at radius 2 is 2.11 bits per heavy atom. The molecule has 0 amide bonds. The first-order valence-corrected chi connectivity index (χ1v) is 6.96. The normalized spacial score (nSPS) is 40.8. The average molecular weight is 244 g/mol. The summed E-state index contributed by atoms with van der Waals surface area (Å²) in [6, 6.07) is 6.47. The summed E-state index contributed by atoms with van der Waals surface area (Å²) in [7, 11) is 0. The van der Waals surface area contributed by atoms with E-state index < -0.39 is 0 Å². The van der Waals surface area contributed by atoms with Crippen molar-refractivity contribution in [3.63, 3.8) is 0 Å². The van der Waals surface area contributed by atoms with E-state index in [1.54, 1.807) is 0 Å². The minimum atomic E-state index is -0.130. The summed E-state index contributed by atoms with van der Waals surface area (Å²) < 4.78 is 0. The van der Waals surface area contributed by atoms with Crippen molar-refractivity contribution in [1.82, 2.24) is 0 Å². The maximum Gasteiger partial charge on any atom is 0.0774 e. The van der Waals surface area contributed by atoms with Crippen LogP contribution in [0.5, 0.6) is 0 Å². The number of nitrogen functional groups attached to an aromatic ring is 1. The van der Waals surface area contributed by atoms with Gasteiger partial charge in [0.1, 0.15) is 0 Å². The lowest BCUT2D eigenvalue weighted by Crippen LogP contribution is -2.41. The van der Waals surface area contributed by atoms with Crippen LogP contribution in [-0.2, 0) is 0 Å². The standard InChI is InChI=1S/C15H20N2O/c1-8-12(16)3-2-4-13(8)17-7-10-5-9-6-11(10)14(17)15(9)18/h2-4,9-11,14-15,18H,5-7,16H2,1H3. The zero-order chi connectivity index (χ0) is 12.4. The van der Waals surface area contributed by atoms with Gasteiger partial charge in [0.2, 0.25) is 0 Å². The van der Waals surface area contributed by atoms with Gasteiger partial charge in [-0.15, -0.1) is 0 Å². The molecule has 1 aliphatic heterocycles. The number of hydrogen-bond donors (Lipinski definition) is 2. The Labute approximate surface area is 108 Å². The molecule has 96 valence electrons. The Balaban J connectivity index is 1.76. The number of anilines is 2. The van der Waals surface area contributed by atoms with Gasteiger partial charge in [0.05, 0.1) is 12.1 Å². The predicted molar refractivity (Wildman–Crippen MR) is 72.4 cm³/mol. The molecule has 3 aliphatic rings. The summed E-state index contributed by atoms with van der Waals surface area (Å²) in [5.41, 5.74) is 9.27. The molecule has 18 heavy (non-hydrogen) atoms. The number of fused-ring (bicyclic) bond motifs is 1. The molecule has 0 spiro atoms. The highest BCUT2D eigenvalue weighted by Crippen LogP contribution is 2.56. The van der Waals surface area contributed by atoms with Crippen molar-refractivity contribution < 1.29 is 5.11 Å². The number of aliphatic hydroxyl groups excluding tert-OH is 1. The highest BCUT2D eigenvalue weighted by atomic mass is 16.3. The molecule has 0 radical (unpaired) electrons. The predicted octanol–water partition coefficient (Wildman–Crippen LogP) is 1.78. The fraction of sp³-hybridized carbons (Fsp3) is 0.600. The van der Waals surface area contributed by atoms with E-state index in [0.29, 0.717) is 17.9 Å². The third-order valence-electron chi connectivity index (χ3n) is 5.51. The van der Waals surface area contributed by atoms with E-state index in [1.807, 2.05) is 12.1 Å². The summed E-state index contributed by atoms with van der Waals surface area (Å²) in [6.07, 6.45) is 2.32. The van der Waals surface area contributed by atoms with Crippen LogP contribution in [0.1, 0.15) is 18.4 Å². The van der Waals surface area contributed by atoms with Gasteiger partial charge in [-0.2, -0.15) is 0 Å².